The van der Waals surface area contributed by atoms with Gasteiger partial charge < -0.3 is 15.8 Å². The number of rotatable bonds is 5. The molecule has 3 N–H and O–H groups in total. The molecule has 1 aliphatic heterocycles. The van der Waals surface area contributed by atoms with Crippen LogP contribution in [0.3, 0.4) is 0 Å². The van der Waals surface area contributed by atoms with Gasteiger partial charge in [-0.2, -0.15) is 0 Å². The van der Waals surface area contributed by atoms with Gasteiger partial charge in [-0.15, -0.1) is 0 Å². The molecule has 3 nitrogen and oxygen atoms in total. The average Bonchev–Trinajstić information content (AvgIpc) is 2.20. The molecule has 1 aliphatic carbocycles. The fourth-order valence-electron chi connectivity index (χ4n) is 3.20. The van der Waals surface area contributed by atoms with Crippen LogP contribution >= 0.6 is 0 Å². The zero-order valence-corrected chi connectivity index (χ0v) is 11.4. The summed E-state index contributed by atoms with van der Waals surface area (Å²) in [7, 11) is 0. The maximum Gasteiger partial charge on any atom is 0.0644 e. The van der Waals surface area contributed by atoms with Gasteiger partial charge in [0.2, 0.25) is 0 Å². The maximum absolute atomic E-state index is 6.00. The Balaban J connectivity index is 1.80. The largest absolute Gasteiger partial charge is 0.375 e. The van der Waals surface area contributed by atoms with Crippen molar-refractivity contribution in [2.24, 2.45) is 11.7 Å². The standard InChI is InChI=1S/C14H28N2O/c1-13(2)10-14(11-15,7-9-17-13)16-8-6-12-4-3-5-12/h12,16H,3-11,15H2,1-2H3. The van der Waals surface area contributed by atoms with Crippen molar-refractivity contribution in [2.45, 2.75) is 63.5 Å². The summed E-state index contributed by atoms with van der Waals surface area (Å²) in [6.45, 7) is 7.03. The van der Waals surface area contributed by atoms with Crippen LogP contribution in [0.5, 0.6) is 0 Å². The molecule has 1 atom stereocenters. The van der Waals surface area contributed by atoms with Crippen LogP contribution in [-0.4, -0.2) is 30.8 Å². The molecule has 2 rings (SSSR count). The van der Waals surface area contributed by atoms with Crippen LogP contribution in [0.15, 0.2) is 0 Å². The highest BCUT2D eigenvalue weighted by Gasteiger charge is 2.39. The Morgan fingerprint density at radius 3 is 2.65 bits per heavy atom. The molecule has 0 radical (unpaired) electrons. The first-order chi connectivity index (χ1) is 8.05. The summed E-state index contributed by atoms with van der Waals surface area (Å²) in [5.41, 5.74) is 6.09. The van der Waals surface area contributed by atoms with E-state index >= 15 is 0 Å². The van der Waals surface area contributed by atoms with Gasteiger partial charge in [-0.25, -0.2) is 0 Å². The van der Waals surface area contributed by atoms with Crippen molar-refractivity contribution in [3.8, 4) is 0 Å². The number of hydrogen-bond donors (Lipinski definition) is 2. The Morgan fingerprint density at radius 1 is 1.35 bits per heavy atom. The topological polar surface area (TPSA) is 47.3 Å². The van der Waals surface area contributed by atoms with E-state index in [1.54, 1.807) is 0 Å². The Hall–Kier alpha value is -0.120. The fourth-order valence-corrected chi connectivity index (χ4v) is 3.20. The monoisotopic (exact) mass is 240 g/mol. The second-order valence-corrected chi connectivity index (χ2v) is 6.53. The van der Waals surface area contributed by atoms with E-state index in [1.165, 1.54) is 25.7 Å². The smallest absolute Gasteiger partial charge is 0.0644 e. The summed E-state index contributed by atoms with van der Waals surface area (Å²) in [6.07, 6.45) is 7.72. The van der Waals surface area contributed by atoms with Gasteiger partial charge in [-0.3, -0.25) is 0 Å². The maximum atomic E-state index is 6.00. The molecule has 3 heteroatoms. The molecule has 0 spiro atoms. The summed E-state index contributed by atoms with van der Waals surface area (Å²) in [5, 5.41) is 3.73. The van der Waals surface area contributed by atoms with Crippen LogP contribution in [0.4, 0.5) is 0 Å². The van der Waals surface area contributed by atoms with Gasteiger partial charge in [0.1, 0.15) is 0 Å². The van der Waals surface area contributed by atoms with Crippen LogP contribution in [0.25, 0.3) is 0 Å². The Bertz CT molecular complexity index is 251. The molecule has 1 heterocycles. The summed E-state index contributed by atoms with van der Waals surface area (Å²) >= 11 is 0. The lowest BCUT2D eigenvalue weighted by Crippen LogP contribution is -2.59. The van der Waals surface area contributed by atoms with Gasteiger partial charge in [0.25, 0.3) is 0 Å². The van der Waals surface area contributed by atoms with E-state index < -0.39 is 0 Å². The number of hydrogen-bond acceptors (Lipinski definition) is 3. The number of nitrogens with one attached hydrogen (secondary N) is 1. The molecule has 0 aromatic rings. The quantitative estimate of drug-likeness (QED) is 0.773. The van der Waals surface area contributed by atoms with Gasteiger partial charge in [0.15, 0.2) is 0 Å². The van der Waals surface area contributed by atoms with Gasteiger partial charge in [-0.1, -0.05) is 19.3 Å². The van der Waals surface area contributed by atoms with Crippen LogP contribution in [0.1, 0.15) is 52.4 Å². The van der Waals surface area contributed by atoms with E-state index in [0.29, 0.717) is 0 Å². The van der Waals surface area contributed by atoms with Crippen LogP contribution < -0.4 is 11.1 Å². The highest BCUT2D eigenvalue weighted by atomic mass is 16.5. The lowest BCUT2D eigenvalue weighted by atomic mass is 9.80. The van der Waals surface area contributed by atoms with Crippen molar-refractivity contribution < 1.29 is 4.74 Å². The molecule has 1 saturated carbocycles. The molecule has 0 aromatic heterocycles. The van der Waals surface area contributed by atoms with Gasteiger partial charge >= 0.3 is 0 Å². The first-order valence-corrected chi connectivity index (χ1v) is 7.14. The predicted molar refractivity (Wildman–Crippen MR) is 71.0 cm³/mol. The van der Waals surface area contributed by atoms with E-state index in [9.17, 15) is 0 Å². The lowest BCUT2D eigenvalue weighted by molar-refractivity contribution is -0.0859. The summed E-state index contributed by atoms with van der Waals surface area (Å²) in [5.74, 6) is 0.977. The zero-order valence-electron chi connectivity index (χ0n) is 11.4. The van der Waals surface area contributed by atoms with Gasteiger partial charge in [0.05, 0.1) is 5.60 Å². The van der Waals surface area contributed by atoms with E-state index in [4.69, 9.17) is 10.5 Å². The second kappa shape index (κ2) is 5.25. The molecule has 1 unspecified atom stereocenters. The van der Waals surface area contributed by atoms with Crippen LogP contribution in [0.2, 0.25) is 0 Å². The number of ether oxygens (including phenoxy) is 1. The van der Waals surface area contributed by atoms with E-state index in [0.717, 1.165) is 38.5 Å². The SMILES string of the molecule is CC1(C)CC(CN)(NCCC2CCC2)CCO1. The molecule has 17 heavy (non-hydrogen) atoms. The van der Waals surface area contributed by atoms with E-state index in [1.807, 2.05) is 0 Å². The van der Waals surface area contributed by atoms with Crippen molar-refractivity contribution >= 4 is 0 Å². The predicted octanol–water partition coefficient (Wildman–Crippen LogP) is 2.05. The molecule has 0 amide bonds. The highest BCUT2D eigenvalue weighted by molar-refractivity contribution is 4.97. The first-order valence-electron chi connectivity index (χ1n) is 7.14. The zero-order chi connectivity index (χ0) is 12.4. The van der Waals surface area contributed by atoms with E-state index in [2.05, 4.69) is 19.2 Å². The molecular formula is C14H28N2O. The van der Waals surface area contributed by atoms with Crippen molar-refractivity contribution in [1.29, 1.82) is 0 Å². The normalized spacial score (nSPS) is 33.4. The summed E-state index contributed by atoms with van der Waals surface area (Å²) in [4.78, 5) is 0. The van der Waals surface area contributed by atoms with Crippen molar-refractivity contribution in [1.82, 2.24) is 5.32 Å². The van der Waals surface area contributed by atoms with Crippen LogP contribution in [-0.2, 0) is 4.74 Å². The lowest BCUT2D eigenvalue weighted by Gasteiger charge is -2.45. The number of nitrogens with two attached hydrogens (primary N) is 1. The Kier molecular flexibility index (Phi) is 4.11. The molecule has 0 bridgehead atoms. The third kappa shape index (κ3) is 3.43. The van der Waals surface area contributed by atoms with Gasteiger partial charge in [-0.05, 0) is 45.6 Å². The minimum Gasteiger partial charge on any atom is -0.375 e. The minimum atomic E-state index is -0.0267. The third-order valence-electron chi connectivity index (χ3n) is 4.51. The molecule has 100 valence electrons. The highest BCUT2D eigenvalue weighted by Crippen LogP contribution is 2.32. The fraction of sp³-hybridized carbons (Fsp3) is 1.00. The molecule has 0 aromatic carbocycles. The van der Waals surface area contributed by atoms with Gasteiger partial charge in [0, 0.05) is 18.7 Å². The Morgan fingerprint density at radius 2 is 2.12 bits per heavy atom. The second-order valence-electron chi connectivity index (χ2n) is 6.53. The van der Waals surface area contributed by atoms with Crippen molar-refractivity contribution in [3.05, 3.63) is 0 Å². The molecule has 2 aliphatic rings. The molecule has 1 saturated heterocycles. The van der Waals surface area contributed by atoms with Crippen LogP contribution in [0, 0.1) is 5.92 Å². The first kappa shape index (κ1) is 13.3. The molecular weight excluding hydrogens is 212 g/mol. The minimum absolute atomic E-state index is 0.0267. The molecule has 2 fully saturated rings. The summed E-state index contributed by atoms with van der Waals surface area (Å²) < 4.78 is 5.79. The third-order valence-corrected chi connectivity index (χ3v) is 4.51. The summed E-state index contributed by atoms with van der Waals surface area (Å²) in [6, 6.07) is 0. The average molecular weight is 240 g/mol. The van der Waals surface area contributed by atoms with E-state index in [-0.39, 0.29) is 11.1 Å². The van der Waals surface area contributed by atoms with Crippen molar-refractivity contribution in [3.63, 3.8) is 0 Å². The Labute approximate surface area is 105 Å². The van der Waals surface area contributed by atoms with Crippen molar-refractivity contribution in [2.75, 3.05) is 19.7 Å².